The Morgan fingerprint density at radius 3 is 2.40 bits per heavy atom. The van der Waals surface area contributed by atoms with Crippen LogP contribution in [0.5, 0.6) is 0 Å². The van der Waals surface area contributed by atoms with Crippen molar-refractivity contribution in [2.75, 3.05) is 0 Å². The topological polar surface area (TPSA) is 0 Å². The first kappa shape index (κ1) is 14.6. The molecule has 102 valence electrons. The second-order valence-corrected chi connectivity index (χ2v) is 8.47. The summed E-state index contributed by atoms with van der Waals surface area (Å²) in [4.78, 5) is 1.17. The lowest BCUT2D eigenvalue weighted by atomic mass is 10.0. The molecule has 1 heterocycles. The van der Waals surface area contributed by atoms with Crippen molar-refractivity contribution >= 4 is 65.6 Å². The normalized spacial score (nSPS) is 12.8. The van der Waals surface area contributed by atoms with E-state index in [1.807, 2.05) is 0 Å². The number of thiophene rings is 1. The van der Waals surface area contributed by atoms with E-state index in [0.717, 1.165) is 13.8 Å². The summed E-state index contributed by atoms with van der Waals surface area (Å²) in [5, 5.41) is 2.33. The number of fused-ring (bicyclic) bond motifs is 1. The molecular formula is C16H11Br2ClS. The van der Waals surface area contributed by atoms with Crippen molar-refractivity contribution in [3.05, 3.63) is 66.7 Å². The molecule has 0 saturated heterocycles. The zero-order valence-electron chi connectivity index (χ0n) is 10.7. The Labute approximate surface area is 144 Å². The minimum Gasteiger partial charge on any atom is -0.131 e. The van der Waals surface area contributed by atoms with E-state index in [1.165, 1.54) is 21.2 Å². The molecule has 1 atom stereocenters. The van der Waals surface area contributed by atoms with E-state index in [4.69, 9.17) is 11.6 Å². The maximum atomic E-state index is 6.63. The van der Waals surface area contributed by atoms with Gasteiger partial charge in [0, 0.05) is 9.35 Å². The molecule has 0 aliphatic heterocycles. The third-order valence-electron chi connectivity index (χ3n) is 3.25. The Kier molecular flexibility index (Phi) is 4.23. The van der Waals surface area contributed by atoms with E-state index in [-0.39, 0.29) is 5.38 Å². The van der Waals surface area contributed by atoms with Gasteiger partial charge >= 0.3 is 0 Å². The number of rotatable bonds is 2. The number of halogens is 3. The van der Waals surface area contributed by atoms with Crippen molar-refractivity contribution in [1.82, 2.24) is 0 Å². The van der Waals surface area contributed by atoms with Crippen LogP contribution in [0.25, 0.3) is 10.8 Å². The quantitative estimate of drug-likeness (QED) is 0.382. The Morgan fingerprint density at radius 2 is 1.70 bits per heavy atom. The van der Waals surface area contributed by atoms with Crippen LogP contribution in [-0.2, 0) is 0 Å². The van der Waals surface area contributed by atoms with E-state index in [9.17, 15) is 0 Å². The fourth-order valence-electron chi connectivity index (χ4n) is 2.17. The second-order valence-electron chi connectivity index (χ2n) is 4.72. The van der Waals surface area contributed by atoms with Crippen LogP contribution in [0.4, 0.5) is 0 Å². The lowest BCUT2D eigenvalue weighted by Gasteiger charge is -2.09. The van der Waals surface area contributed by atoms with Crippen LogP contribution < -0.4 is 0 Å². The summed E-state index contributed by atoms with van der Waals surface area (Å²) < 4.78 is 2.25. The smallest absolute Gasteiger partial charge is 0.0928 e. The lowest BCUT2D eigenvalue weighted by molar-refractivity contribution is 1.19. The average Bonchev–Trinajstić information content (AvgIpc) is 2.77. The minimum absolute atomic E-state index is 0.0990. The number of aryl methyl sites for hydroxylation is 1. The Bertz CT molecular complexity index is 760. The first-order chi connectivity index (χ1) is 9.54. The number of alkyl halides is 1. The third kappa shape index (κ3) is 2.82. The van der Waals surface area contributed by atoms with Crippen molar-refractivity contribution in [1.29, 1.82) is 0 Å². The molecule has 0 N–H and O–H groups in total. The molecule has 0 nitrogen and oxygen atoms in total. The largest absolute Gasteiger partial charge is 0.131 e. The number of hydrogen-bond donors (Lipinski definition) is 0. The summed E-state index contributed by atoms with van der Waals surface area (Å²) in [7, 11) is 0. The highest BCUT2D eigenvalue weighted by Crippen LogP contribution is 2.38. The fraction of sp³-hybridized carbons (Fsp3) is 0.125. The molecule has 0 amide bonds. The second kappa shape index (κ2) is 5.80. The van der Waals surface area contributed by atoms with Gasteiger partial charge in [0.25, 0.3) is 0 Å². The fourth-order valence-corrected chi connectivity index (χ4v) is 4.45. The molecule has 3 aromatic rings. The molecule has 0 fully saturated rings. The van der Waals surface area contributed by atoms with Crippen molar-refractivity contribution in [2.45, 2.75) is 12.3 Å². The summed E-state index contributed by atoms with van der Waals surface area (Å²) in [6.07, 6.45) is 0. The van der Waals surface area contributed by atoms with E-state index >= 15 is 0 Å². The van der Waals surface area contributed by atoms with Gasteiger partial charge in [-0.3, -0.25) is 0 Å². The summed E-state index contributed by atoms with van der Waals surface area (Å²) in [6.45, 7) is 2.09. The highest BCUT2D eigenvalue weighted by atomic mass is 79.9. The maximum absolute atomic E-state index is 6.63. The van der Waals surface area contributed by atoms with Crippen molar-refractivity contribution in [3.63, 3.8) is 0 Å². The van der Waals surface area contributed by atoms with Gasteiger partial charge in [0.1, 0.15) is 0 Å². The first-order valence-electron chi connectivity index (χ1n) is 6.14. The van der Waals surface area contributed by atoms with Gasteiger partial charge < -0.3 is 0 Å². The summed E-state index contributed by atoms with van der Waals surface area (Å²) >= 11 is 15.4. The maximum Gasteiger partial charge on any atom is 0.0928 e. The van der Waals surface area contributed by atoms with Gasteiger partial charge in [-0.15, -0.1) is 22.9 Å². The summed E-state index contributed by atoms with van der Waals surface area (Å²) in [5.74, 6) is 0. The molecule has 0 saturated carbocycles. The van der Waals surface area contributed by atoms with E-state index in [1.54, 1.807) is 11.3 Å². The average molecular weight is 431 g/mol. The van der Waals surface area contributed by atoms with E-state index < -0.39 is 0 Å². The number of benzene rings is 2. The van der Waals surface area contributed by atoms with Crippen molar-refractivity contribution < 1.29 is 0 Å². The molecule has 0 aliphatic carbocycles. The molecule has 20 heavy (non-hydrogen) atoms. The van der Waals surface area contributed by atoms with Crippen LogP contribution >= 0.6 is 54.8 Å². The zero-order valence-corrected chi connectivity index (χ0v) is 15.4. The predicted molar refractivity (Wildman–Crippen MR) is 96.1 cm³/mol. The minimum atomic E-state index is -0.0990. The lowest BCUT2D eigenvalue weighted by Crippen LogP contribution is -1.90. The van der Waals surface area contributed by atoms with Gasteiger partial charge in [0.05, 0.1) is 9.16 Å². The van der Waals surface area contributed by atoms with Crippen LogP contribution in [0.15, 0.2) is 50.7 Å². The molecular weight excluding hydrogens is 420 g/mol. The van der Waals surface area contributed by atoms with Gasteiger partial charge in [-0.1, -0.05) is 34.1 Å². The zero-order chi connectivity index (χ0) is 14.3. The summed E-state index contributed by atoms with van der Waals surface area (Å²) in [5.41, 5.74) is 2.37. The van der Waals surface area contributed by atoms with Gasteiger partial charge in [0.15, 0.2) is 0 Å². The van der Waals surface area contributed by atoms with Crippen molar-refractivity contribution in [3.8, 4) is 0 Å². The summed E-state index contributed by atoms with van der Waals surface area (Å²) in [6, 6.07) is 14.8. The highest BCUT2D eigenvalue weighted by molar-refractivity contribution is 9.11. The van der Waals surface area contributed by atoms with E-state index in [0.29, 0.717) is 0 Å². The molecule has 0 spiro atoms. The Morgan fingerprint density at radius 1 is 1.00 bits per heavy atom. The van der Waals surface area contributed by atoms with Gasteiger partial charge in [-0.25, -0.2) is 0 Å². The van der Waals surface area contributed by atoms with Gasteiger partial charge in [-0.2, -0.15) is 0 Å². The Hall–Kier alpha value is -0.350. The molecule has 1 unspecified atom stereocenters. The first-order valence-corrected chi connectivity index (χ1v) is 8.97. The predicted octanol–water partition coefficient (Wildman–Crippen LogP) is 7.06. The van der Waals surface area contributed by atoms with Crippen molar-refractivity contribution in [2.24, 2.45) is 0 Å². The molecule has 0 aliphatic rings. The molecule has 4 heteroatoms. The molecule has 0 radical (unpaired) electrons. The van der Waals surface area contributed by atoms with Crippen LogP contribution in [0.1, 0.15) is 21.4 Å². The van der Waals surface area contributed by atoms with E-state index in [2.05, 4.69) is 81.2 Å². The monoisotopic (exact) mass is 428 g/mol. The Balaban J connectivity index is 2.03. The van der Waals surface area contributed by atoms with Gasteiger partial charge in [-0.05, 0) is 69.0 Å². The molecule has 2 aromatic carbocycles. The third-order valence-corrected chi connectivity index (χ3v) is 6.56. The molecule has 3 rings (SSSR count). The van der Waals surface area contributed by atoms with Crippen LogP contribution in [0.2, 0.25) is 0 Å². The number of hydrogen-bond acceptors (Lipinski definition) is 1. The highest BCUT2D eigenvalue weighted by Gasteiger charge is 2.15. The molecule has 1 aromatic heterocycles. The SMILES string of the molecule is Cc1cc(C(Cl)c2ccc3cc(Br)ccc3c2)sc1Br. The van der Waals surface area contributed by atoms with Crippen LogP contribution in [0.3, 0.4) is 0 Å². The van der Waals surface area contributed by atoms with Crippen LogP contribution in [0, 0.1) is 6.92 Å². The van der Waals surface area contributed by atoms with Gasteiger partial charge in [0.2, 0.25) is 0 Å². The standard InChI is InChI=1S/C16H11Br2ClS/c1-9-6-14(20-16(9)18)15(19)12-3-2-11-8-13(17)5-4-10(11)7-12/h2-8,15H,1H3. The van der Waals surface area contributed by atoms with Crippen LogP contribution in [-0.4, -0.2) is 0 Å². The molecule has 0 bridgehead atoms.